The minimum atomic E-state index is 0.421. The number of rotatable bonds is 5. The Hall–Kier alpha value is -0.900. The summed E-state index contributed by atoms with van der Waals surface area (Å²) in [6.45, 7) is 0. The van der Waals surface area contributed by atoms with Crippen molar-refractivity contribution in [1.29, 1.82) is 0 Å². The normalized spacial score (nSPS) is 16.7. The molecule has 1 fully saturated rings. The van der Waals surface area contributed by atoms with Gasteiger partial charge in [-0.25, -0.2) is 4.68 Å². The van der Waals surface area contributed by atoms with Gasteiger partial charge in [-0.1, -0.05) is 48.3 Å². The predicted octanol–water partition coefficient (Wildman–Crippen LogP) is 3.86. The maximum absolute atomic E-state index is 6.15. The molecule has 0 atom stereocenters. The molecule has 24 heavy (non-hydrogen) atoms. The largest absolute Gasteiger partial charge is 0.254 e. The summed E-state index contributed by atoms with van der Waals surface area (Å²) in [7, 11) is 1.93. The van der Waals surface area contributed by atoms with E-state index in [1.165, 1.54) is 32.1 Å². The van der Waals surface area contributed by atoms with Crippen LogP contribution in [0.2, 0.25) is 5.02 Å². The van der Waals surface area contributed by atoms with Crippen molar-refractivity contribution < 1.29 is 9.32 Å². The van der Waals surface area contributed by atoms with Crippen molar-refractivity contribution in [3.63, 3.8) is 0 Å². The zero-order valence-electron chi connectivity index (χ0n) is 13.3. The van der Waals surface area contributed by atoms with Gasteiger partial charge in [0.05, 0.1) is 28.0 Å². The van der Waals surface area contributed by atoms with Gasteiger partial charge in [-0.3, -0.25) is 4.99 Å². The van der Waals surface area contributed by atoms with Crippen molar-refractivity contribution in [2.24, 2.45) is 17.9 Å². The first-order valence-corrected chi connectivity index (χ1v) is 9.69. The van der Waals surface area contributed by atoms with E-state index < -0.39 is 0 Å². The number of aromatic nitrogens is 2. The van der Waals surface area contributed by atoms with Gasteiger partial charge in [-0.15, -0.1) is 9.32 Å². The topological polar surface area (TPSA) is 74.7 Å². The Labute approximate surface area is 153 Å². The van der Waals surface area contributed by atoms with E-state index in [1.54, 1.807) is 17.4 Å². The van der Waals surface area contributed by atoms with Gasteiger partial charge < -0.3 is 0 Å². The van der Waals surface area contributed by atoms with Crippen LogP contribution >= 0.6 is 35.0 Å². The number of aryl methyl sites for hydroxylation is 1. The molecule has 6 nitrogen and oxygen atoms in total. The number of hydrogen-bond donors (Lipinski definition) is 1. The van der Waals surface area contributed by atoms with Gasteiger partial charge >= 0.3 is 0 Å². The van der Waals surface area contributed by atoms with Gasteiger partial charge in [-0.05, 0) is 25.0 Å². The number of hydrogen-bond acceptors (Lipinski definition) is 7. The van der Waals surface area contributed by atoms with E-state index in [0.717, 1.165) is 27.4 Å². The van der Waals surface area contributed by atoms with E-state index >= 15 is 0 Å². The number of nitrogens with zero attached hydrogens (tertiary/aromatic N) is 3. The lowest BCUT2D eigenvalue weighted by Gasteiger charge is -2.16. The fraction of sp³-hybridized carbons (Fsp3) is 0.467. The Morgan fingerprint density at radius 2 is 2.17 bits per heavy atom. The van der Waals surface area contributed by atoms with Gasteiger partial charge in [0, 0.05) is 12.6 Å². The summed E-state index contributed by atoms with van der Waals surface area (Å²) in [5.74, 6) is 4.88. The molecule has 0 unspecified atom stereocenters. The smallest absolute Gasteiger partial charge is 0.203 e. The van der Waals surface area contributed by atoms with Crippen molar-refractivity contribution in [2.75, 3.05) is 0 Å². The quantitative estimate of drug-likeness (QED) is 0.479. The molecule has 1 aliphatic carbocycles. The minimum Gasteiger partial charge on any atom is -0.254 e. The van der Waals surface area contributed by atoms with Gasteiger partial charge in [0.2, 0.25) is 4.80 Å². The summed E-state index contributed by atoms with van der Waals surface area (Å²) in [4.78, 5) is 10.7. The van der Waals surface area contributed by atoms with Gasteiger partial charge in [-0.2, -0.15) is 11.0 Å². The molecule has 1 aliphatic rings. The van der Waals surface area contributed by atoms with Crippen molar-refractivity contribution in [3.8, 4) is 10.6 Å². The average molecular weight is 387 g/mol. The Bertz CT molecular complexity index is 756. The summed E-state index contributed by atoms with van der Waals surface area (Å²) in [5.41, 5.74) is 0.952. The van der Waals surface area contributed by atoms with Crippen molar-refractivity contribution in [1.82, 2.24) is 9.78 Å². The SMILES string of the molecule is Cn1nc(-c2ccc(Cl)c(SOON)c2)s/c1=N/C1CCCCC1. The van der Waals surface area contributed by atoms with Crippen LogP contribution in [-0.2, 0) is 16.4 Å². The second-order valence-corrected chi connectivity index (χ2v) is 7.73. The van der Waals surface area contributed by atoms with E-state index in [-0.39, 0.29) is 0 Å². The van der Waals surface area contributed by atoms with Crippen LogP contribution in [0.25, 0.3) is 10.6 Å². The molecule has 9 heteroatoms. The van der Waals surface area contributed by atoms with E-state index in [4.69, 9.17) is 22.5 Å². The van der Waals surface area contributed by atoms with E-state index in [2.05, 4.69) is 14.4 Å². The highest BCUT2D eigenvalue weighted by Gasteiger charge is 2.14. The lowest BCUT2D eigenvalue weighted by atomic mass is 9.96. The fourth-order valence-corrected chi connectivity index (χ4v) is 4.30. The molecule has 0 aliphatic heterocycles. The molecule has 1 heterocycles. The fourth-order valence-electron chi connectivity index (χ4n) is 2.70. The van der Waals surface area contributed by atoms with E-state index in [9.17, 15) is 0 Å². The third-order valence-electron chi connectivity index (χ3n) is 3.91. The molecular weight excluding hydrogens is 368 g/mol. The minimum absolute atomic E-state index is 0.421. The van der Waals surface area contributed by atoms with Crippen LogP contribution in [0.5, 0.6) is 0 Å². The maximum atomic E-state index is 6.15. The highest BCUT2D eigenvalue weighted by Crippen LogP contribution is 2.32. The average Bonchev–Trinajstić information content (AvgIpc) is 2.96. The van der Waals surface area contributed by atoms with Crippen molar-refractivity contribution in [3.05, 3.63) is 28.0 Å². The van der Waals surface area contributed by atoms with Gasteiger partial charge in [0.15, 0.2) is 0 Å². The first-order chi connectivity index (χ1) is 11.7. The second-order valence-electron chi connectivity index (χ2n) is 5.63. The number of nitrogens with two attached hydrogens (primary N) is 1. The van der Waals surface area contributed by atoms with Crippen LogP contribution in [0.15, 0.2) is 28.1 Å². The third-order valence-corrected chi connectivity index (χ3v) is 6.08. The number of benzene rings is 1. The molecule has 0 radical (unpaired) electrons. The van der Waals surface area contributed by atoms with Crippen LogP contribution < -0.4 is 10.7 Å². The molecular formula is C15H19ClN4O2S2. The Morgan fingerprint density at radius 1 is 1.38 bits per heavy atom. The summed E-state index contributed by atoms with van der Waals surface area (Å²) in [5, 5.41) is 6.04. The molecule has 1 saturated carbocycles. The molecule has 0 amide bonds. The van der Waals surface area contributed by atoms with Crippen LogP contribution in [0.1, 0.15) is 32.1 Å². The summed E-state index contributed by atoms with van der Waals surface area (Å²) in [6, 6.07) is 6.05. The van der Waals surface area contributed by atoms with Crippen molar-refractivity contribution in [2.45, 2.75) is 43.0 Å². The zero-order valence-corrected chi connectivity index (χ0v) is 15.7. The molecule has 2 N–H and O–H groups in total. The third kappa shape index (κ3) is 4.38. The van der Waals surface area contributed by atoms with E-state index in [0.29, 0.717) is 16.0 Å². The van der Waals surface area contributed by atoms with Gasteiger partial charge in [0.1, 0.15) is 5.01 Å². The monoisotopic (exact) mass is 386 g/mol. The first kappa shape index (κ1) is 17.9. The Balaban J connectivity index is 1.87. The molecule has 0 bridgehead atoms. The maximum Gasteiger partial charge on any atom is 0.203 e. The summed E-state index contributed by atoms with van der Waals surface area (Å²) in [6.07, 6.45) is 6.21. The Kier molecular flexibility index (Phi) is 6.31. The summed E-state index contributed by atoms with van der Waals surface area (Å²) < 4.78 is 6.53. The standard InChI is InChI=1S/C15H19ClN4O2S2/c1-20-15(18-11-5-3-2-4-6-11)23-14(19-20)10-7-8-12(16)13(9-10)24-22-21-17/h7-9,11H,2-6,17H2,1H3/b18-15+. The van der Waals surface area contributed by atoms with Crippen LogP contribution in [-0.4, -0.2) is 15.8 Å². The number of halogens is 1. The van der Waals surface area contributed by atoms with Crippen LogP contribution in [0.3, 0.4) is 0 Å². The van der Waals surface area contributed by atoms with E-state index in [1.807, 2.05) is 23.9 Å². The molecule has 3 rings (SSSR count). The second kappa shape index (κ2) is 8.46. The molecule has 0 spiro atoms. The first-order valence-electron chi connectivity index (χ1n) is 7.75. The lowest BCUT2D eigenvalue weighted by molar-refractivity contribution is -0.195. The lowest BCUT2D eigenvalue weighted by Crippen LogP contribution is -2.18. The molecule has 0 saturated heterocycles. The van der Waals surface area contributed by atoms with Crippen molar-refractivity contribution >= 4 is 35.0 Å². The highest BCUT2D eigenvalue weighted by atomic mass is 35.5. The highest BCUT2D eigenvalue weighted by molar-refractivity contribution is 7.94. The molecule has 1 aromatic carbocycles. The zero-order chi connectivity index (χ0) is 16.9. The molecule has 130 valence electrons. The molecule has 2 aromatic rings. The summed E-state index contributed by atoms with van der Waals surface area (Å²) >= 11 is 8.69. The van der Waals surface area contributed by atoms with Crippen LogP contribution in [0, 0.1) is 0 Å². The van der Waals surface area contributed by atoms with Gasteiger partial charge in [0.25, 0.3) is 0 Å². The van der Waals surface area contributed by atoms with Crippen LogP contribution in [0.4, 0.5) is 0 Å². The predicted molar refractivity (Wildman–Crippen MR) is 96.2 cm³/mol. The Morgan fingerprint density at radius 3 is 2.92 bits per heavy atom. The molecule has 1 aromatic heterocycles.